The van der Waals surface area contributed by atoms with Crippen LogP contribution in [0.25, 0.3) is 0 Å². The van der Waals surface area contributed by atoms with Crippen LogP contribution in [0, 0.1) is 11.7 Å². The van der Waals surface area contributed by atoms with E-state index in [-0.39, 0.29) is 10.8 Å². The molecule has 1 amide bonds. The molecule has 2 aromatic carbocycles. The van der Waals surface area contributed by atoms with Crippen LogP contribution in [-0.2, 0) is 10.0 Å². The summed E-state index contributed by atoms with van der Waals surface area (Å²) in [6, 6.07) is 11.3. The summed E-state index contributed by atoms with van der Waals surface area (Å²) in [5, 5.41) is 0. The molecule has 5 nitrogen and oxygen atoms in total. The van der Waals surface area contributed by atoms with Gasteiger partial charge in [0.1, 0.15) is 5.82 Å². The van der Waals surface area contributed by atoms with E-state index in [2.05, 4.69) is 6.92 Å². The van der Waals surface area contributed by atoms with Gasteiger partial charge in [-0.1, -0.05) is 13.0 Å². The Morgan fingerprint density at radius 3 is 2.56 bits per heavy atom. The second kappa shape index (κ2) is 7.68. The molecular weight excluding hydrogens is 367 g/mol. The highest BCUT2D eigenvalue weighted by molar-refractivity contribution is 7.92. The van der Waals surface area contributed by atoms with Crippen molar-refractivity contribution in [1.29, 1.82) is 0 Å². The summed E-state index contributed by atoms with van der Waals surface area (Å²) in [5.74, 6) is -0.143. The fourth-order valence-corrected chi connectivity index (χ4v) is 4.54. The number of amides is 1. The SMILES string of the molecule is CC1CCCN(C(=O)c2cccc(S(=O)(=O)N(C)c3ccc(F)cc3)c2)C1. The molecule has 27 heavy (non-hydrogen) atoms. The zero-order chi connectivity index (χ0) is 19.6. The largest absolute Gasteiger partial charge is 0.338 e. The number of halogens is 1. The Morgan fingerprint density at radius 2 is 1.89 bits per heavy atom. The van der Waals surface area contributed by atoms with Gasteiger partial charge < -0.3 is 4.90 Å². The standard InChI is InChI=1S/C20H23FN2O3S/c1-15-5-4-12-23(14-15)20(24)16-6-3-7-19(13-16)27(25,26)22(2)18-10-8-17(21)9-11-18/h3,6-11,13,15H,4-5,12,14H2,1-2H3. The lowest BCUT2D eigenvalue weighted by atomic mass is 9.99. The highest BCUT2D eigenvalue weighted by atomic mass is 32.2. The molecule has 2 aromatic rings. The van der Waals surface area contributed by atoms with Gasteiger partial charge in [0.2, 0.25) is 0 Å². The average Bonchev–Trinajstić information content (AvgIpc) is 2.67. The maximum Gasteiger partial charge on any atom is 0.264 e. The van der Waals surface area contributed by atoms with Crippen LogP contribution >= 0.6 is 0 Å². The first kappa shape index (κ1) is 19.4. The van der Waals surface area contributed by atoms with E-state index in [0.29, 0.717) is 30.3 Å². The molecule has 0 radical (unpaired) electrons. The molecule has 7 heteroatoms. The van der Waals surface area contributed by atoms with Crippen LogP contribution in [0.1, 0.15) is 30.1 Å². The first-order valence-corrected chi connectivity index (χ1v) is 10.4. The predicted octanol–water partition coefficient (Wildman–Crippen LogP) is 3.52. The van der Waals surface area contributed by atoms with Gasteiger partial charge in [0.05, 0.1) is 10.6 Å². The van der Waals surface area contributed by atoms with Crippen molar-refractivity contribution in [3.05, 3.63) is 59.9 Å². The molecule has 3 rings (SSSR count). The van der Waals surface area contributed by atoms with Crippen molar-refractivity contribution in [3.63, 3.8) is 0 Å². The fourth-order valence-electron chi connectivity index (χ4n) is 3.29. The topological polar surface area (TPSA) is 57.7 Å². The Hall–Kier alpha value is -2.41. The second-order valence-corrected chi connectivity index (χ2v) is 8.94. The zero-order valence-electron chi connectivity index (χ0n) is 15.4. The van der Waals surface area contributed by atoms with E-state index in [1.165, 1.54) is 43.4 Å². The monoisotopic (exact) mass is 390 g/mol. The normalized spacial score (nSPS) is 17.6. The molecular formula is C20H23FN2O3S. The van der Waals surface area contributed by atoms with Crippen molar-refractivity contribution in [2.24, 2.45) is 5.92 Å². The third-order valence-corrected chi connectivity index (χ3v) is 6.66. The smallest absolute Gasteiger partial charge is 0.264 e. The van der Waals surface area contributed by atoms with Crippen LogP contribution in [0.2, 0.25) is 0 Å². The third-order valence-electron chi connectivity index (χ3n) is 4.87. The van der Waals surface area contributed by atoms with Crippen molar-refractivity contribution < 1.29 is 17.6 Å². The van der Waals surface area contributed by atoms with E-state index in [0.717, 1.165) is 17.1 Å². The number of nitrogens with zero attached hydrogens (tertiary/aromatic N) is 2. The number of likely N-dealkylation sites (tertiary alicyclic amines) is 1. The van der Waals surface area contributed by atoms with Crippen LogP contribution in [0.4, 0.5) is 10.1 Å². The average molecular weight is 390 g/mol. The van der Waals surface area contributed by atoms with Crippen molar-refractivity contribution in [1.82, 2.24) is 4.90 Å². The van der Waals surface area contributed by atoms with Gasteiger partial charge in [0.15, 0.2) is 0 Å². The predicted molar refractivity (Wildman–Crippen MR) is 103 cm³/mol. The lowest BCUT2D eigenvalue weighted by Gasteiger charge is -2.31. The van der Waals surface area contributed by atoms with Gasteiger partial charge in [-0.3, -0.25) is 9.10 Å². The van der Waals surface area contributed by atoms with E-state index in [1.807, 2.05) is 0 Å². The number of benzene rings is 2. The maximum atomic E-state index is 13.1. The number of anilines is 1. The van der Waals surface area contributed by atoms with Crippen molar-refractivity contribution in [3.8, 4) is 0 Å². The van der Waals surface area contributed by atoms with Crippen molar-refractivity contribution >= 4 is 21.6 Å². The summed E-state index contributed by atoms with van der Waals surface area (Å²) in [6.45, 7) is 3.49. The molecule has 144 valence electrons. The molecule has 1 aliphatic rings. The molecule has 1 unspecified atom stereocenters. The molecule has 0 aromatic heterocycles. The first-order chi connectivity index (χ1) is 12.8. The minimum atomic E-state index is -3.86. The molecule has 1 atom stereocenters. The molecule has 0 spiro atoms. The molecule has 1 saturated heterocycles. The first-order valence-electron chi connectivity index (χ1n) is 8.93. The Labute approximate surface area is 159 Å². The number of hydrogen-bond acceptors (Lipinski definition) is 3. The van der Waals surface area contributed by atoms with Crippen LogP contribution in [0.15, 0.2) is 53.4 Å². The van der Waals surface area contributed by atoms with Gasteiger partial charge in [-0.15, -0.1) is 0 Å². The number of carbonyl (C=O) groups is 1. The van der Waals surface area contributed by atoms with E-state index < -0.39 is 15.8 Å². The van der Waals surface area contributed by atoms with Gasteiger partial charge in [0, 0.05) is 25.7 Å². The molecule has 1 fully saturated rings. The number of sulfonamides is 1. The minimum Gasteiger partial charge on any atom is -0.338 e. The minimum absolute atomic E-state index is 0.0326. The summed E-state index contributed by atoms with van der Waals surface area (Å²) in [7, 11) is -2.46. The van der Waals surface area contributed by atoms with E-state index in [1.54, 1.807) is 17.0 Å². The number of piperidine rings is 1. The Morgan fingerprint density at radius 1 is 1.19 bits per heavy atom. The van der Waals surface area contributed by atoms with Crippen LogP contribution < -0.4 is 4.31 Å². The van der Waals surface area contributed by atoms with E-state index >= 15 is 0 Å². The molecule has 0 bridgehead atoms. The molecule has 0 N–H and O–H groups in total. The summed E-state index contributed by atoms with van der Waals surface area (Å²) in [6.07, 6.45) is 2.05. The second-order valence-electron chi connectivity index (χ2n) is 6.98. The van der Waals surface area contributed by atoms with Crippen LogP contribution in [0.5, 0.6) is 0 Å². The summed E-state index contributed by atoms with van der Waals surface area (Å²) in [4.78, 5) is 14.6. The van der Waals surface area contributed by atoms with E-state index in [4.69, 9.17) is 0 Å². The number of rotatable bonds is 4. The van der Waals surface area contributed by atoms with Crippen LogP contribution in [0.3, 0.4) is 0 Å². The molecule has 0 saturated carbocycles. The third kappa shape index (κ3) is 4.13. The zero-order valence-corrected chi connectivity index (χ0v) is 16.2. The van der Waals surface area contributed by atoms with Gasteiger partial charge >= 0.3 is 0 Å². The Balaban J connectivity index is 1.87. The lowest BCUT2D eigenvalue weighted by Crippen LogP contribution is -2.39. The van der Waals surface area contributed by atoms with Crippen LogP contribution in [-0.4, -0.2) is 39.4 Å². The Bertz CT molecular complexity index is 928. The highest BCUT2D eigenvalue weighted by Gasteiger charge is 2.25. The summed E-state index contributed by atoms with van der Waals surface area (Å²) < 4.78 is 40.0. The Kier molecular flexibility index (Phi) is 5.51. The van der Waals surface area contributed by atoms with Gasteiger partial charge in [0.25, 0.3) is 15.9 Å². The molecule has 1 aliphatic heterocycles. The maximum absolute atomic E-state index is 13.1. The quantitative estimate of drug-likeness (QED) is 0.803. The van der Waals surface area contributed by atoms with Crippen molar-refractivity contribution in [2.45, 2.75) is 24.7 Å². The van der Waals surface area contributed by atoms with Gasteiger partial charge in [-0.05, 0) is 61.2 Å². The van der Waals surface area contributed by atoms with Crippen molar-refractivity contribution in [2.75, 3.05) is 24.4 Å². The summed E-state index contributed by atoms with van der Waals surface area (Å²) >= 11 is 0. The van der Waals surface area contributed by atoms with Gasteiger partial charge in [-0.25, -0.2) is 12.8 Å². The number of hydrogen-bond donors (Lipinski definition) is 0. The number of carbonyl (C=O) groups excluding carboxylic acids is 1. The molecule has 0 aliphatic carbocycles. The van der Waals surface area contributed by atoms with Gasteiger partial charge in [-0.2, -0.15) is 0 Å². The fraction of sp³-hybridized carbons (Fsp3) is 0.350. The van der Waals surface area contributed by atoms with E-state index in [9.17, 15) is 17.6 Å². The molecule has 1 heterocycles. The lowest BCUT2D eigenvalue weighted by molar-refractivity contribution is 0.0683. The summed E-state index contributed by atoms with van der Waals surface area (Å²) in [5.41, 5.74) is 0.704. The highest BCUT2D eigenvalue weighted by Crippen LogP contribution is 2.24.